The molecule has 1 aromatic carbocycles. The third-order valence-electron chi connectivity index (χ3n) is 3.67. The molecular formula is C15H15N3O4. The van der Waals surface area contributed by atoms with Crippen LogP contribution in [0.2, 0.25) is 0 Å². The number of esters is 1. The highest BCUT2D eigenvalue weighted by Crippen LogP contribution is 2.31. The molecule has 3 rings (SSSR count). The van der Waals surface area contributed by atoms with Gasteiger partial charge in [-0.1, -0.05) is 12.1 Å². The lowest BCUT2D eigenvalue weighted by atomic mass is 9.99. The van der Waals surface area contributed by atoms with Crippen LogP contribution in [0.4, 0.5) is 5.69 Å². The van der Waals surface area contributed by atoms with Crippen LogP contribution in [0.25, 0.3) is 0 Å². The number of hydrogen-bond acceptors (Lipinski definition) is 6. The molecule has 1 N–H and O–H groups in total. The number of anilines is 1. The van der Waals surface area contributed by atoms with E-state index in [0.29, 0.717) is 5.69 Å². The van der Waals surface area contributed by atoms with Crippen molar-refractivity contribution in [1.29, 1.82) is 0 Å². The molecule has 0 saturated carbocycles. The van der Waals surface area contributed by atoms with E-state index in [1.54, 1.807) is 25.1 Å². The summed E-state index contributed by atoms with van der Waals surface area (Å²) in [7, 11) is 0. The molecule has 0 bridgehead atoms. The molecule has 1 aromatic rings. The van der Waals surface area contributed by atoms with E-state index in [-0.39, 0.29) is 12.3 Å². The average Bonchev–Trinajstić information content (AvgIpc) is 3.01. The van der Waals surface area contributed by atoms with Crippen molar-refractivity contribution in [2.45, 2.75) is 19.9 Å². The van der Waals surface area contributed by atoms with E-state index in [4.69, 9.17) is 4.74 Å². The van der Waals surface area contributed by atoms with Gasteiger partial charge in [-0.05, 0) is 31.5 Å². The Labute approximate surface area is 126 Å². The van der Waals surface area contributed by atoms with E-state index in [9.17, 15) is 14.4 Å². The summed E-state index contributed by atoms with van der Waals surface area (Å²) < 4.78 is 4.89. The Hall–Kier alpha value is -2.70. The molecule has 0 unspecified atom stereocenters. The van der Waals surface area contributed by atoms with Crippen LogP contribution in [0.5, 0.6) is 0 Å². The molecule has 1 fully saturated rings. The Morgan fingerprint density at radius 3 is 2.82 bits per heavy atom. The monoisotopic (exact) mass is 301 g/mol. The second kappa shape index (κ2) is 5.25. The van der Waals surface area contributed by atoms with Gasteiger partial charge in [0, 0.05) is 0 Å². The van der Waals surface area contributed by atoms with Crippen LogP contribution in [-0.2, 0) is 19.1 Å². The summed E-state index contributed by atoms with van der Waals surface area (Å²) in [6, 6.07) is 6.24. The van der Waals surface area contributed by atoms with Crippen LogP contribution >= 0.6 is 0 Å². The van der Waals surface area contributed by atoms with Gasteiger partial charge in [-0.15, -0.1) is 0 Å². The largest absolute Gasteiger partial charge is 0.461 e. The van der Waals surface area contributed by atoms with Crippen LogP contribution in [0, 0.1) is 12.8 Å². The van der Waals surface area contributed by atoms with Crippen LogP contribution in [0.3, 0.4) is 0 Å². The third-order valence-corrected chi connectivity index (χ3v) is 3.67. The minimum Gasteiger partial charge on any atom is -0.461 e. The maximum absolute atomic E-state index is 12.6. The van der Waals surface area contributed by atoms with E-state index < -0.39 is 29.7 Å². The van der Waals surface area contributed by atoms with Gasteiger partial charge in [-0.3, -0.25) is 15.0 Å². The van der Waals surface area contributed by atoms with Crippen LogP contribution < -0.4 is 10.3 Å². The number of carbonyl (C=O) groups excluding carboxylic acids is 3. The number of amides is 2. The van der Waals surface area contributed by atoms with Crippen molar-refractivity contribution in [2.75, 3.05) is 11.5 Å². The standard InChI is InChI=1S/C15H15N3O4/c1-3-22-15(21)12-10-11(16-17-12)14(20)18(13(10)19)9-6-4-5-8(2)7-9/h4-7,10-11,16H,3H2,1-2H3/t10-,11+/m1/s1. The lowest BCUT2D eigenvalue weighted by Crippen LogP contribution is -2.36. The van der Waals surface area contributed by atoms with Gasteiger partial charge in [-0.2, -0.15) is 5.10 Å². The van der Waals surface area contributed by atoms with E-state index in [2.05, 4.69) is 10.5 Å². The molecule has 22 heavy (non-hydrogen) atoms. The molecule has 7 heteroatoms. The van der Waals surface area contributed by atoms with Gasteiger partial charge in [0.05, 0.1) is 12.3 Å². The summed E-state index contributed by atoms with van der Waals surface area (Å²) in [5.41, 5.74) is 3.96. The maximum Gasteiger partial charge on any atom is 0.355 e. The van der Waals surface area contributed by atoms with Gasteiger partial charge in [0.1, 0.15) is 12.0 Å². The number of imide groups is 1. The number of fused-ring (bicyclic) bond motifs is 1. The molecular weight excluding hydrogens is 286 g/mol. The number of hydrogen-bond donors (Lipinski definition) is 1. The zero-order chi connectivity index (χ0) is 15.9. The number of nitrogens with zero attached hydrogens (tertiary/aromatic N) is 2. The predicted octanol–water partition coefficient (Wildman–Crippen LogP) is 0.375. The lowest BCUT2D eigenvalue weighted by molar-refractivity contribution is -0.136. The van der Waals surface area contributed by atoms with Crippen molar-refractivity contribution in [3.63, 3.8) is 0 Å². The van der Waals surface area contributed by atoms with Crippen molar-refractivity contribution in [3.8, 4) is 0 Å². The van der Waals surface area contributed by atoms with E-state index in [0.717, 1.165) is 10.5 Å². The van der Waals surface area contributed by atoms with Crippen molar-refractivity contribution < 1.29 is 19.1 Å². The Kier molecular flexibility index (Phi) is 3.40. The van der Waals surface area contributed by atoms with Gasteiger partial charge in [0.25, 0.3) is 5.91 Å². The highest BCUT2D eigenvalue weighted by atomic mass is 16.5. The summed E-state index contributed by atoms with van der Waals surface area (Å²) in [4.78, 5) is 38.0. The number of rotatable bonds is 3. The highest BCUT2D eigenvalue weighted by Gasteiger charge is 2.55. The van der Waals surface area contributed by atoms with Gasteiger partial charge in [0.2, 0.25) is 5.91 Å². The quantitative estimate of drug-likeness (QED) is 0.644. The molecule has 2 amide bonds. The maximum atomic E-state index is 12.6. The van der Waals surface area contributed by atoms with Crippen molar-refractivity contribution in [2.24, 2.45) is 11.0 Å². The Bertz CT molecular complexity index is 698. The molecule has 2 atom stereocenters. The molecule has 0 radical (unpaired) electrons. The first kappa shape index (κ1) is 14.2. The first-order chi connectivity index (χ1) is 10.5. The number of hydrazone groups is 1. The molecule has 0 spiro atoms. The first-order valence-electron chi connectivity index (χ1n) is 6.99. The van der Waals surface area contributed by atoms with Crippen molar-refractivity contribution in [3.05, 3.63) is 29.8 Å². The Balaban J connectivity index is 1.93. The van der Waals surface area contributed by atoms with Gasteiger partial charge in [-0.25, -0.2) is 9.69 Å². The zero-order valence-electron chi connectivity index (χ0n) is 12.2. The number of aryl methyl sites for hydroxylation is 1. The molecule has 0 aliphatic carbocycles. The predicted molar refractivity (Wildman–Crippen MR) is 78.2 cm³/mol. The summed E-state index contributed by atoms with van der Waals surface area (Å²) >= 11 is 0. The lowest BCUT2D eigenvalue weighted by Gasteiger charge is -2.16. The van der Waals surface area contributed by atoms with Crippen LogP contribution in [0.1, 0.15) is 12.5 Å². The summed E-state index contributed by atoms with van der Waals surface area (Å²) in [6.07, 6.45) is 0. The second-order valence-electron chi connectivity index (χ2n) is 5.15. The fourth-order valence-electron chi connectivity index (χ4n) is 2.68. The van der Waals surface area contributed by atoms with Crippen LogP contribution in [0.15, 0.2) is 29.4 Å². The van der Waals surface area contributed by atoms with Crippen LogP contribution in [-0.4, -0.2) is 36.1 Å². The minimum atomic E-state index is -0.924. The Morgan fingerprint density at radius 1 is 1.36 bits per heavy atom. The molecule has 2 heterocycles. The van der Waals surface area contributed by atoms with Gasteiger partial charge >= 0.3 is 5.97 Å². The summed E-state index contributed by atoms with van der Waals surface area (Å²) in [6.45, 7) is 3.72. The fraction of sp³-hybridized carbons (Fsp3) is 0.333. The Morgan fingerprint density at radius 2 is 2.14 bits per heavy atom. The second-order valence-corrected chi connectivity index (χ2v) is 5.15. The van der Waals surface area contributed by atoms with Crippen molar-refractivity contribution >= 4 is 29.2 Å². The summed E-state index contributed by atoms with van der Waals surface area (Å²) in [5, 5.41) is 3.81. The molecule has 114 valence electrons. The topological polar surface area (TPSA) is 88.1 Å². The van der Waals surface area contributed by atoms with E-state index in [1.165, 1.54) is 0 Å². The highest BCUT2D eigenvalue weighted by molar-refractivity contribution is 6.46. The molecule has 7 nitrogen and oxygen atoms in total. The van der Waals surface area contributed by atoms with Gasteiger partial charge < -0.3 is 4.74 Å². The van der Waals surface area contributed by atoms with Crippen molar-refractivity contribution in [1.82, 2.24) is 5.43 Å². The summed E-state index contributed by atoms with van der Waals surface area (Å²) in [5.74, 6) is -2.47. The van der Waals surface area contributed by atoms with E-state index >= 15 is 0 Å². The average molecular weight is 301 g/mol. The number of ether oxygens (including phenoxy) is 1. The smallest absolute Gasteiger partial charge is 0.355 e. The number of benzene rings is 1. The normalized spacial score (nSPS) is 23.2. The van der Waals surface area contributed by atoms with Gasteiger partial charge in [0.15, 0.2) is 5.71 Å². The molecule has 1 saturated heterocycles. The molecule has 2 aliphatic rings. The number of nitrogens with one attached hydrogen (secondary N) is 1. The molecule has 0 aromatic heterocycles. The third kappa shape index (κ3) is 2.05. The van der Waals surface area contributed by atoms with E-state index in [1.807, 2.05) is 13.0 Å². The zero-order valence-corrected chi connectivity index (χ0v) is 12.2. The first-order valence-corrected chi connectivity index (χ1v) is 6.99. The fourth-order valence-corrected chi connectivity index (χ4v) is 2.68. The molecule has 2 aliphatic heterocycles. The SMILES string of the molecule is CCOC(=O)C1=NN[C@@H]2C(=O)N(c3cccc(C)c3)C(=O)[C@@H]12. The number of carbonyl (C=O) groups is 3. The minimum absolute atomic E-state index is 0.0413.